The van der Waals surface area contributed by atoms with Crippen LogP contribution in [-0.2, 0) is 0 Å². The van der Waals surface area contributed by atoms with E-state index in [1.165, 1.54) is 23.4 Å². The van der Waals surface area contributed by atoms with Crippen LogP contribution in [0.2, 0.25) is 10.0 Å². The van der Waals surface area contributed by atoms with Crippen LogP contribution in [0.5, 0.6) is 0 Å². The maximum atomic E-state index is 14.3. The number of nitrogens with zero attached hydrogens (tertiary/aromatic N) is 3. The van der Waals surface area contributed by atoms with Gasteiger partial charge in [-0.2, -0.15) is 0 Å². The van der Waals surface area contributed by atoms with Gasteiger partial charge in [-0.05, 0) is 46.7 Å². The summed E-state index contributed by atoms with van der Waals surface area (Å²) in [6, 6.07) is 4.40. The molecule has 1 aliphatic heterocycles. The van der Waals surface area contributed by atoms with E-state index in [1.807, 2.05) is 22.6 Å². The molecule has 1 fully saturated rings. The molecule has 2 atom stereocenters. The molecule has 150 valence electrons. The summed E-state index contributed by atoms with van der Waals surface area (Å²) in [6.07, 6.45) is 2.58. The van der Waals surface area contributed by atoms with Crippen molar-refractivity contribution in [2.24, 2.45) is 5.92 Å². The lowest BCUT2D eigenvalue weighted by molar-refractivity contribution is -0.0898. The van der Waals surface area contributed by atoms with Gasteiger partial charge in [0.25, 0.3) is 11.8 Å². The van der Waals surface area contributed by atoms with Gasteiger partial charge in [0.1, 0.15) is 0 Å². The number of hydrogen-bond acceptors (Lipinski definition) is 4. The Morgan fingerprint density at radius 3 is 2.68 bits per heavy atom. The molecular formula is C18H17Cl2F2IN4O. The Bertz CT molecular complexity index is 869. The van der Waals surface area contributed by atoms with Gasteiger partial charge in [0.2, 0.25) is 5.95 Å². The molecule has 5 nitrogen and oxygen atoms in total. The molecule has 0 bridgehead atoms. The standard InChI is InChI=1S/C18H17Cl2F2IN4O/c1-10-5-18(21,22)9-27(16(28)13-4-11(19)2-3-14(13)23)15(10)8-26-17-24-6-12(20)7-25-17/h2-4,6-7,10,15H,5,8-9H2,1H3,(H,24,25,26). The van der Waals surface area contributed by atoms with Gasteiger partial charge in [-0.25, -0.2) is 18.7 Å². The Morgan fingerprint density at radius 1 is 1.32 bits per heavy atom. The SMILES string of the molecule is CC1CC(F)(F)CN(C(=O)c2cc(Cl)ccc2I)C1CNc1ncc(Cl)cn1. The molecule has 1 amide bonds. The average Bonchev–Trinajstić information content (AvgIpc) is 2.62. The van der Waals surface area contributed by atoms with Gasteiger partial charge in [-0.15, -0.1) is 0 Å². The maximum absolute atomic E-state index is 14.3. The van der Waals surface area contributed by atoms with Crippen LogP contribution in [0.4, 0.5) is 14.7 Å². The van der Waals surface area contributed by atoms with Crippen LogP contribution in [0.25, 0.3) is 0 Å². The van der Waals surface area contributed by atoms with E-state index in [0.717, 1.165) is 0 Å². The number of alkyl halides is 2. The van der Waals surface area contributed by atoms with Crippen molar-refractivity contribution in [3.8, 4) is 0 Å². The Labute approximate surface area is 185 Å². The Morgan fingerprint density at radius 2 is 2.00 bits per heavy atom. The number of aromatic nitrogens is 2. The van der Waals surface area contributed by atoms with Crippen molar-refractivity contribution in [2.45, 2.75) is 25.3 Å². The lowest BCUT2D eigenvalue weighted by Gasteiger charge is -2.43. The summed E-state index contributed by atoms with van der Waals surface area (Å²) < 4.78 is 29.2. The zero-order valence-electron chi connectivity index (χ0n) is 14.8. The van der Waals surface area contributed by atoms with Gasteiger partial charge in [-0.3, -0.25) is 4.79 Å². The Hall–Kier alpha value is -1.26. The number of piperidine rings is 1. The smallest absolute Gasteiger partial charge is 0.265 e. The van der Waals surface area contributed by atoms with Crippen molar-refractivity contribution in [3.05, 3.63) is 49.8 Å². The molecule has 3 rings (SSSR count). The molecule has 1 aromatic carbocycles. The van der Waals surface area contributed by atoms with Gasteiger partial charge < -0.3 is 10.2 Å². The fourth-order valence-electron chi connectivity index (χ4n) is 3.29. The van der Waals surface area contributed by atoms with Gasteiger partial charge in [0.15, 0.2) is 0 Å². The Kier molecular flexibility index (Phi) is 6.61. The molecule has 0 saturated carbocycles. The summed E-state index contributed by atoms with van der Waals surface area (Å²) in [5.74, 6) is -3.53. The first-order chi connectivity index (χ1) is 13.2. The van der Waals surface area contributed by atoms with Crippen molar-refractivity contribution >= 4 is 57.6 Å². The second kappa shape index (κ2) is 8.62. The topological polar surface area (TPSA) is 58.1 Å². The highest BCUT2D eigenvalue weighted by atomic mass is 127. The predicted molar refractivity (Wildman–Crippen MR) is 113 cm³/mol. The molecule has 1 saturated heterocycles. The maximum Gasteiger partial charge on any atom is 0.265 e. The first kappa shape index (κ1) is 21.4. The minimum atomic E-state index is -2.95. The van der Waals surface area contributed by atoms with Crippen molar-refractivity contribution in [1.82, 2.24) is 14.9 Å². The monoisotopic (exact) mass is 540 g/mol. The van der Waals surface area contributed by atoms with E-state index >= 15 is 0 Å². The number of benzene rings is 1. The largest absolute Gasteiger partial charge is 0.352 e. The fourth-order valence-corrected chi connectivity index (χ4v) is 4.13. The number of anilines is 1. The number of rotatable bonds is 4. The highest BCUT2D eigenvalue weighted by molar-refractivity contribution is 14.1. The van der Waals surface area contributed by atoms with Crippen LogP contribution in [0.15, 0.2) is 30.6 Å². The van der Waals surface area contributed by atoms with Crippen molar-refractivity contribution in [3.63, 3.8) is 0 Å². The van der Waals surface area contributed by atoms with Gasteiger partial charge in [0, 0.05) is 21.6 Å². The second-order valence-corrected chi connectivity index (χ2v) is 8.80. The first-order valence-electron chi connectivity index (χ1n) is 8.51. The number of halogens is 5. The summed E-state index contributed by atoms with van der Waals surface area (Å²) in [7, 11) is 0. The summed E-state index contributed by atoms with van der Waals surface area (Å²) in [4.78, 5) is 22.4. The van der Waals surface area contributed by atoms with E-state index in [2.05, 4.69) is 15.3 Å². The average molecular weight is 541 g/mol. The molecule has 28 heavy (non-hydrogen) atoms. The highest BCUT2D eigenvalue weighted by Gasteiger charge is 2.46. The van der Waals surface area contributed by atoms with Crippen LogP contribution in [-0.4, -0.2) is 45.8 Å². The first-order valence-corrected chi connectivity index (χ1v) is 10.3. The molecule has 0 aliphatic carbocycles. The molecule has 1 aliphatic rings. The molecule has 0 spiro atoms. The lowest BCUT2D eigenvalue weighted by Crippen LogP contribution is -2.57. The van der Waals surface area contributed by atoms with Crippen molar-refractivity contribution in [1.29, 1.82) is 0 Å². The zero-order chi connectivity index (χ0) is 20.5. The summed E-state index contributed by atoms with van der Waals surface area (Å²) >= 11 is 13.8. The third kappa shape index (κ3) is 5.01. The van der Waals surface area contributed by atoms with Gasteiger partial charge >= 0.3 is 0 Å². The van der Waals surface area contributed by atoms with Crippen molar-refractivity contribution in [2.75, 3.05) is 18.4 Å². The molecule has 0 radical (unpaired) electrons. The minimum Gasteiger partial charge on any atom is -0.352 e. The summed E-state index contributed by atoms with van der Waals surface area (Å²) in [5.41, 5.74) is 0.311. The van der Waals surface area contributed by atoms with E-state index in [9.17, 15) is 13.6 Å². The lowest BCUT2D eigenvalue weighted by atomic mass is 9.88. The summed E-state index contributed by atoms with van der Waals surface area (Å²) in [5, 5.41) is 3.79. The number of amides is 1. The molecule has 1 N–H and O–H groups in total. The second-order valence-electron chi connectivity index (χ2n) is 6.77. The molecule has 1 aromatic heterocycles. The molecule has 2 aromatic rings. The number of nitrogens with one attached hydrogen (secondary N) is 1. The molecule has 2 unspecified atom stereocenters. The van der Waals surface area contributed by atoms with Crippen LogP contribution in [0.3, 0.4) is 0 Å². The molecule has 2 heterocycles. The van der Waals surface area contributed by atoms with E-state index < -0.39 is 30.3 Å². The Balaban J connectivity index is 1.85. The zero-order valence-corrected chi connectivity index (χ0v) is 18.5. The fraction of sp³-hybridized carbons (Fsp3) is 0.389. The van der Waals surface area contributed by atoms with E-state index in [-0.39, 0.29) is 13.0 Å². The summed E-state index contributed by atoms with van der Waals surface area (Å²) in [6.45, 7) is 1.31. The van der Waals surface area contributed by atoms with Crippen LogP contribution < -0.4 is 5.32 Å². The number of carbonyl (C=O) groups excluding carboxylic acids is 1. The number of carbonyl (C=O) groups is 1. The van der Waals surface area contributed by atoms with Crippen LogP contribution in [0.1, 0.15) is 23.7 Å². The highest BCUT2D eigenvalue weighted by Crippen LogP contribution is 2.35. The number of likely N-dealkylation sites (tertiary alicyclic amines) is 1. The third-order valence-corrected chi connectivity index (χ3v) is 5.96. The minimum absolute atomic E-state index is 0.238. The quantitative estimate of drug-likeness (QED) is 0.555. The molecule has 10 heteroatoms. The van der Waals surface area contributed by atoms with E-state index in [4.69, 9.17) is 23.2 Å². The van der Waals surface area contributed by atoms with Crippen LogP contribution in [0, 0.1) is 9.49 Å². The number of hydrogen-bond donors (Lipinski definition) is 1. The van der Waals surface area contributed by atoms with Gasteiger partial charge in [-0.1, -0.05) is 30.1 Å². The molecular weight excluding hydrogens is 524 g/mol. The predicted octanol–water partition coefficient (Wildman–Crippen LogP) is 4.99. The van der Waals surface area contributed by atoms with E-state index in [0.29, 0.717) is 25.1 Å². The van der Waals surface area contributed by atoms with Crippen molar-refractivity contribution < 1.29 is 13.6 Å². The normalized spacial score (nSPS) is 21.4. The van der Waals surface area contributed by atoms with Crippen LogP contribution >= 0.6 is 45.8 Å². The van der Waals surface area contributed by atoms with E-state index in [1.54, 1.807) is 19.1 Å². The van der Waals surface area contributed by atoms with Gasteiger partial charge in [0.05, 0.1) is 35.6 Å². The third-order valence-electron chi connectivity index (χ3n) is 4.59.